The Bertz CT molecular complexity index is 1100. The standard InChI is InChI=1S/C26H34NO5P/c1-26(2,3)25(32-33(28,29)30)27(4,5)23(21-13-7-6-8-14-21)18-19-31-24-17-11-15-20-12-9-10-16-22(20)24/h6-17,23,25H,18-19H2,1-5H3,(H-,28,29,30)/t23?,25-/m0/s1. The third-order valence-electron chi connectivity index (χ3n) is 5.96. The smallest absolute Gasteiger partial charge is 0.269 e. The number of hydrogen-bond acceptors (Lipinski definition) is 4. The molecule has 3 aromatic rings. The summed E-state index contributed by atoms with van der Waals surface area (Å²) in [6.07, 6.45) is -0.196. The van der Waals surface area contributed by atoms with Crippen LogP contribution >= 0.6 is 7.82 Å². The molecule has 0 aliphatic heterocycles. The number of nitrogens with zero attached hydrogens (tertiary/aromatic N) is 1. The number of phosphoric acid groups is 1. The predicted molar refractivity (Wildman–Crippen MR) is 130 cm³/mol. The Morgan fingerprint density at radius 1 is 0.970 bits per heavy atom. The van der Waals surface area contributed by atoms with Crippen molar-refractivity contribution < 1.29 is 28.1 Å². The van der Waals surface area contributed by atoms with Crippen molar-refractivity contribution in [3.8, 4) is 5.75 Å². The van der Waals surface area contributed by atoms with Crippen molar-refractivity contribution in [1.29, 1.82) is 0 Å². The van der Waals surface area contributed by atoms with Crippen molar-refractivity contribution in [3.63, 3.8) is 0 Å². The molecule has 33 heavy (non-hydrogen) atoms. The number of benzene rings is 3. The first-order chi connectivity index (χ1) is 15.4. The van der Waals surface area contributed by atoms with Gasteiger partial charge in [0.2, 0.25) is 6.23 Å². The lowest BCUT2D eigenvalue weighted by molar-refractivity contribution is -0.969. The first-order valence-electron chi connectivity index (χ1n) is 11.1. The highest BCUT2D eigenvalue weighted by molar-refractivity contribution is 7.44. The number of quaternary nitrogens is 1. The largest absolute Gasteiger partial charge is 0.756 e. The molecule has 0 amide bonds. The van der Waals surface area contributed by atoms with Crippen molar-refractivity contribution in [2.45, 2.75) is 39.5 Å². The third-order valence-corrected chi connectivity index (χ3v) is 6.43. The number of phosphoric ester groups is 1. The van der Waals surface area contributed by atoms with Crippen LogP contribution in [0.3, 0.4) is 0 Å². The van der Waals surface area contributed by atoms with Gasteiger partial charge in [0.25, 0.3) is 7.82 Å². The molecule has 0 aromatic heterocycles. The van der Waals surface area contributed by atoms with E-state index < -0.39 is 19.5 Å². The zero-order valence-corrected chi connectivity index (χ0v) is 20.9. The maximum atomic E-state index is 11.7. The Kier molecular flexibility index (Phi) is 7.67. The van der Waals surface area contributed by atoms with Gasteiger partial charge in [0, 0.05) is 22.8 Å². The highest BCUT2D eigenvalue weighted by Gasteiger charge is 2.46. The van der Waals surface area contributed by atoms with E-state index in [1.54, 1.807) is 0 Å². The maximum Gasteiger partial charge on any atom is 0.269 e. The lowest BCUT2D eigenvalue weighted by atomic mass is 9.89. The maximum absolute atomic E-state index is 11.7. The Labute approximate surface area is 196 Å². The van der Waals surface area contributed by atoms with Crippen LogP contribution < -0.4 is 9.63 Å². The molecule has 0 saturated carbocycles. The average Bonchev–Trinajstić information content (AvgIpc) is 2.74. The van der Waals surface area contributed by atoms with E-state index in [2.05, 4.69) is 12.1 Å². The minimum atomic E-state index is -4.94. The number of hydrogen-bond donors (Lipinski definition) is 1. The molecule has 0 fully saturated rings. The zero-order chi connectivity index (χ0) is 24.3. The van der Waals surface area contributed by atoms with Crippen molar-refractivity contribution in [2.75, 3.05) is 20.7 Å². The van der Waals surface area contributed by atoms with E-state index in [0.29, 0.717) is 13.0 Å². The van der Waals surface area contributed by atoms with Gasteiger partial charge in [-0.15, -0.1) is 0 Å². The first kappa shape index (κ1) is 25.4. The van der Waals surface area contributed by atoms with Gasteiger partial charge >= 0.3 is 0 Å². The fourth-order valence-electron chi connectivity index (χ4n) is 4.73. The highest BCUT2D eigenvalue weighted by Crippen LogP contribution is 2.45. The molecule has 7 heteroatoms. The summed E-state index contributed by atoms with van der Waals surface area (Å²) in [7, 11) is -1.08. The summed E-state index contributed by atoms with van der Waals surface area (Å²) in [4.78, 5) is 21.3. The molecule has 3 aromatic carbocycles. The predicted octanol–water partition coefficient (Wildman–Crippen LogP) is 5.28. The van der Waals surface area contributed by atoms with Crippen LogP contribution in [0.15, 0.2) is 72.8 Å². The topological polar surface area (TPSA) is 78.8 Å². The lowest BCUT2D eigenvalue weighted by Crippen LogP contribution is -2.58. The minimum absolute atomic E-state index is 0.142. The normalized spacial score (nSPS) is 16.2. The van der Waals surface area contributed by atoms with E-state index in [1.165, 1.54) is 0 Å². The van der Waals surface area contributed by atoms with Crippen LogP contribution in [0, 0.1) is 5.41 Å². The summed E-state index contributed by atoms with van der Waals surface area (Å²) >= 11 is 0. The van der Waals surface area contributed by atoms with Crippen LogP contribution in [0.25, 0.3) is 10.8 Å². The van der Waals surface area contributed by atoms with Gasteiger partial charge in [-0.25, -0.2) is 0 Å². The molecule has 0 heterocycles. The molecule has 3 rings (SSSR count). The van der Waals surface area contributed by atoms with E-state index >= 15 is 0 Å². The monoisotopic (exact) mass is 471 g/mol. The molecule has 1 N–H and O–H groups in total. The van der Waals surface area contributed by atoms with Gasteiger partial charge in [0.05, 0.1) is 20.7 Å². The molecule has 178 valence electrons. The van der Waals surface area contributed by atoms with Gasteiger partial charge < -0.3 is 14.5 Å². The minimum Gasteiger partial charge on any atom is -0.756 e. The molecular formula is C26H34NO5P. The molecule has 0 bridgehead atoms. The molecular weight excluding hydrogens is 437 g/mol. The van der Waals surface area contributed by atoms with E-state index in [9.17, 15) is 14.4 Å². The van der Waals surface area contributed by atoms with Gasteiger partial charge in [0.15, 0.2) is 0 Å². The van der Waals surface area contributed by atoms with Crippen molar-refractivity contribution in [3.05, 3.63) is 78.4 Å². The summed E-state index contributed by atoms with van der Waals surface area (Å²) in [6.45, 7) is 6.15. The Morgan fingerprint density at radius 2 is 1.58 bits per heavy atom. The Hall–Kier alpha value is -2.21. The first-order valence-corrected chi connectivity index (χ1v) is 12.6. The van der Waals surface area contributed by atoms with Crippen molar-refractivity contribution >= 4 is 18.6 Å². The molecule has 3 atom stereocenters. The van der Waals surface area contributed by atoms with E-state index in [0.717, 1.165) is 22.1 Å². The number of rotatable bonds is 9. The fourth-order valence-corrected chi connectivity index (χ4v) is 5.54. The van der Waals surface area contributed by atoms with Crippen LogP contribution in [-0.4, -0.2) is 36.3 Å². The lowest BCUT2D eigenvalue weighted by Gasteiger charge is -2.49. The second kappa shape index (κ2) is 9.96. The van der Waals surface area contributed by atoms with Crippen LogP contribution in [-0.2, 0) is 9.09 Å². The molecule has 0 aliphatic carbocycles. The summed E-state index contributed by atoms with van der Waals surface area (Å²) in [5, 5.41) is 2.16. The molecule has 0 spiro atoms. The zero-order valence-electron chi connectivity index (χ0n) is 20.0. The third kappa shape index (κ3) is 6.44. The fraction of sp³-hybridized carbons (Fsp3) is 0.385. The van der Waals surface area contributed by atoms with Crippen LogP contribution in [0.1, 0.15) is 38.8 Å². The van der Waals surface area contributed by atoms with Gasteiger partial charge in [-0.3, -0.25) is 13.6 Å². The quantitative estimate of drug-likeness (QED) is 0.261. The highest BCUT2D eigenvalue weighted by atomic mass is 31.2. The summed E-state index contributed by atoms with van der Waals surface area (Å²) < 4.78 is 23.4. The van der Waals surface area contributed by atoms with Crippen molar-refractivity contribution in [2.24, 2.45) is 5.41 Å². The molecule has 0 saturated heterocycles. The summed E-state index contributed by atoms with van der Waals surface area (Å²) in [5.41, 5.74) is 0.482. The van der Waals surface area contributed by atoms with Gasteiger partial charge in [-0.2, -0.15) is 0 Å². The van der Waals surface area contributed by atoms with Crippen LogP contribution in [0.5, 0.6) is 5.75 Å². The van der Waals surface area contributed by atoms with Gasteiger partial charge in [-0.05, 0) is 11.5 Å². The van der Waals surface area contributed by atoms with Gasteiger partial charge in [0.1, 0.15) is 11.8 Å². The average molecular weight is 472 g/mol. The van der Waals surface area contributed by atoms with E-state index in [-0.39, 0.29) is 10.5 Å². The Balaban J connectivity index is 1.90. The Morgan fingerprint density at radius 3 is 2.21 bits per heavy atom. The van der Waals surface area contributed by atoms with Gasteiger partial charge in [-0.1, -0.05) is 87.5 Å². The second-order valence-corrected chi connectivity index (χ2v) is 11.1. The van der Waals surface area contributed by atoms with Crippen molar-refractivity contribution in [1.82, 2.24) is 0 Å². The summed E-state index contributed by atoms with van der Waals surface area (Å²) in [6, 6.07) is 23.9. The number of ether oxygens (including phenoxy) is 1. The molecule has 0 radical (unpaired) electrons. The van der Waals surface area contributed by atoms with E-state index in [1.807, 2.05) is 95.5 Å². The molecule has 0 aliphatic rings. The molecule has 2 unspecified atom stereocenters. The second-order valence-electron chi connectivity index (χ2n) is 9.96. The number of fused-ring (bicyclic) bond motifs is 1. The van der Waals surface area contributed by atoms with Crippen LogP contribution in [0.4, 0.5) is 0 Å². The molecule has 6 nitrogen and oxygen atoms in total. The summed E-state index contributed by atoms with van der Waals surface area (Å²) in [5.74, 6) is 0.813. The van der Waals surface area contributed by atoms with Crippen LogP contribution in [0.2, 0.25) is 0 Å². The SMILES string of the molecule is CC(C)(C)[C@H](OP(=O)([O-])O)[N+](C)(C)C(CCOc1cccc2ccccc12)c1ccccc1. The van der Waals surface area contributed by atoms with E-state index in [4.69, 9.17) is 9.26 Å².